The van der Waals surface area contributed by atoms with Crippen LogP contribution in [0.3, 0.4) is 0 Å². The smallest absolute Gasteiger partial charge is 0.305 e. The molecule has 1 amide bonds. The molecule has 502 valence electrons. The number of aliphatic hydroxyl groups is 2. The summed E-state index contributed by atoms with van der Waals surface area (Å²) in [5.74, 6) is -0.0529. The fourth-order valence-electron chi connectivity index (χ4n) is 12.2. The second-order valence-electron chi connectivity index (χ2n) is 26.7. The topological polar surface area (TPSA) is 95.9 Å². The van der Waals surface area contributed by atoms with Crippen molar-refractivity contribution in [2.45, 2.75) is 443 Å². The van der Waals surface area contributed by atoms with E-state index in [1.165, 1.54) is 360 Å². The molecule has 0 aliphatic rings. The summed E-state index contributed by atoms with van der Waals surface area (Å²) in [5, 5.41) is 23.3. The van der Waals surface area contributed by atoms with Gasteiger partial charge in [-0.15, -0.1) is 0 Å². The molecule has 85 heavy (non-hydrogen) atoms. The first-order chi connectivity index (χ1) is 42.0. The molecule has 0 fully saturated rings. The number of hydrogen-bond donors (Lipinski definition) is 3. The third kappa shape index (κ3) is 71.0. The van der Waals surface area contributed by atoms with Crippen molar-refractivity contribution < 1.29 is 24.5 Å². The average Bonchev–Trinajstić information content (AvgIpc) is 3.51. The van der Waals surface area contributed by atoms with Crippen molar-refractivity contribution in [3.05, 3.63) is 36.5 Å². The largest absolute Gasteiger partial charge is 0.466 e. The number of aliphatic hydroxyl groups excluding tert-OH is 2. The van der Waals surface area contributed by atoms with Gasteiger partial charge >= 0.3 is 5.97 Å². The van der Waals surface area contributed by atoms with Gasteiger partial charge in [0.05, 0.1) is 25.4 Å². The normalized spacial score (nSPS) is 12.7. The SMILES string of the molecule is CCCCCCC/C=C\CCCCCCCC(=O)OCCCCCCCCCCCCCC/C=C\CCCCCCCCCCCCCCCCC(=O)NC(CO)C(O)/C=C/CCCCCCCCCCCCCCCCCCCCCCCC. The summed E-state index contributed by atoms with van der Waals surface area (Å²) in [6.07, 6.45) is 96.8. The van der Waals surface area contributed by atoms with E-state index in [2.05, 4.69) is 43.5 Å². The molecule has 0 aromatic rings. The summed E-state index contributed by atoms with van der Waals surface area (Å²) < 4.78 is 5.49. The van der Waals surface area contributed by atoms with Gasteiger partial charge in [0.1, 0.15) is 0 Å². The Balaban J connectivity index is 3.40. The number of hydrogen-bond acceptors (Lipinski definition) is 5. The summed E-state index contributed by atoms with van der Waals surface area (Å²) in [5.41, 5.74) is 0. The highest BCUT2D eigenvalue weighted by molar-refractivity contribution is 5.76. The van der Waals surface area contributed by atoms with E-state index in [9.17, 15) is 19.8 Å². The summed E-state index contributed by atoms with van der Waals surface area (Å²) in [4.78, 5) is 24.6. The Labute approximate surface area is 532 Å². The fourth-order valence-corrected chi connectivity index (χ4v) is 12.2. The Hall–Kier alpha value is -1.92. The Morgan fingerprint density at radius 2 is 0.553 bits per heavy atom. The number of carbonyl (C=O) groups excluding carboxylic acids is 2. The minimum absolute atomic E-state index is 0.00890. The van der Waals surface area contributed by atoms with Crippen molar-refractivity contribution >= 4 is 11.9 Å². The Bertz CT molecular complexity index is 1380. The Morgan fingerprint density at radius 1 is 0.318 bits per heavy atom. The zero-order valence-electron chi connectivity index (χ0n) is 57.6. The van der Waals surface area contributed by atoms with Crippen molar-refractivity contribution in [3.63, 3.8) is 0 Å². The third-order valence-electron chi connectivity index (χ3n) is 18.1. The molecule has 2 atom stereocenters. The van der Waals surface area contributed by atoms with Gasteiger partial charge in [0.15, 0.2) is 0 Å². The second-order valence-corrected chi connectivity index (χ2v) is 26.7. The van der Waals surface area contributed by atoms with Crippen LogP contribution in [0.2, 0.25) is 0 Å². The summed E-state index contributed by atoms with van der Waals surface area (Å²) in [7, 11) is 0. The number of allylic oxidation sites excluding steroid dienone is 5. The Morgan fingerprint density at radius 3 is 0.835 bits per heavy atom. The van der Waals surface area contributed by atoms with Crippen LogP contribution in [-0.4, -0.2) is 47.4 Å². The maximum Gasteiger partial charge on any atom is 0.305 e. The lowest BCUT2D eigenvalue weighted by Crippen LogP contribution is -2.45. The monoisotopic (exact) mass is 1190 g/mol. The van der Waals surface area contributed by atoms with Gasteiger partial charge in [-0.25, -0.2) is 0 Å². The lowest BCUT2D eigenvalue weighted by Gasteiger charge is -2.20. The van der Waals surface area contributed by atoms with E-state index >= 15 is 0 Å². The standard InChI is InChI=1S/C79H151NO5/c1-3-5-7-9-11-13-15-17-19-20-21-22-23-32-35-38-41-44-47-51-55-59-63-67-71-77(82)76(75-81)80-78(83)72-68-64-60-56-52-48-45-42-39-36-33-30-28-26-24-25-27-29-31-34-37-40-43-46-50-54-58-62-66-70-74-85-79(84)73-69-65-61-57-53-49-18-16-14-12-10-8-6-4-2/h16,18,25,27,67,71,76-77,81-82H,3-15,17,19-24,26,28-66,68-70,72-75H2,1-2H3,(H,80,83)/b18-16-,27-25-,71-67+. The number of carbonyl (C=O) groups is 2. The molecule has 0 heterocycles. The molecule has 0 radical (unpaired) electrons. The van der Waals surface area contributed by atoms with Crippen molar-refractivity contribution in [3.8, 4) is 0 Å². The molecule has 0 saturated heterocycles. The number of unbranched alkanes of at least 4 members (excludes halogenated alkanes) is 58. The molecular formula is C79H151NO5. The van der Waals surface area contributed by atoms with E-state index in [0.717, 1.165) is 44.9 Å². The summed E-state index contributed by atoms with van der Waals surface area (Å²) >= 11 is 0. The maximum atomic E-state index is 12.6. The van der Waals surface area contributed by atoms with Crippen molar-refractivity contribution in [2.24, 2.45) is 0 Å². The van der Waals surface area contributed by atoms with E-state index in [0.29, 0.717) is 19.4 Å². The number of amides is 1. The molecule has 0 aromatic carbocycles. The molecule has 3 N–H and O–H groups in total. The highest BCUT2D eigenvalue weighted by atomic mass is 16.5. The molecule has 6 nitrogen and oxygen atoms in total. The molecule has 0 spiro atoms. The minimum atomic E-state index is -0.845. The first kappa shape index (κ1) is 83.1. The van der Waals surface area contributed by atoms with Crippen LogP contribution in [0.5, 0.6) is 0 Å². The first-order valence-corrected chi connectivity index (χ1v) is 38.8. The highest BCUT2D eigenvalue weighted by Gasteiger charge is 2.18. The number of ether oxygens (including phenoxy) is 1. The van der Waals surface area contributed by atoms with Crippen LogP contribution in [0.15, 0.2) is 36.5 Å². The van der Waals surface area contributed by atoms with Gasteiger partial charge in [-0.3, -0.25) is 9.59 Å². The third-order valence-corrected chi connectivity index (χ3v) is 18.1. The number of esters is 1. The van der Waals surface area contributed by atoms with Gasteiger partial charge in [0.25, 0.3) is 0 Å². The Kier molecular flexibility index (Phi) is 72.9. The maximum absolute atomic E-state index is 12.6. The lowest BCUT2D eigenvalue weighted by atomic mass is 10.0. The molecule has 6 heteroatoms. The molecule has 0 saturated carbocycles. The molecule has 0 bridgehead atoms. The van der Waals surface area contributed by atoms with Crippen LogP contribution in [0, 0.1) is 0 Å². The van der Waals surface area contributed by atoms with Crippen LogP contribution in [0.25, 0.3) is 0 Å². The van der Waals surface area contributed by atoms with Crippen LogP contribution in [0.4, 0.5) is 0 Å². The highest BCUT2D eigenvalue weighted by Crippen LogP contribution is 2.19. The van der Waals surface area contributed by atoms with Crippen molar-refractivity contribution in [2.75, 3.05) is 13.2 Å². The van der Waals surface area contributed by atoms with Gasteiger partial charge in [-0.2, -0.15) is 0 Å². The van der Waals surface area contributed by atoms with Crippen LogP contribution in [0.1, 0.15) is 431 Å². The quantitative estimate of drug-likeness (QED) is 0.0320. The predicted molar refractivity (Wildman–Crippen MR) is 375 cm³/mol. The number of rotatable bonds is 73. The van der Waals surface area contributed by atoms with Crippen molar-refractivity contribution in [1.29, 1.82) is 0 Å². The van der Waals surface area contributed by atoms with Crippen LogP contribution < -0.4 is 5.32 Å². The van der Waals surface area contributed by atoms with Gasteiger partial charge < -0.3 is 20.3 Å². The van der Waals surface area contributed by atoms with E-state index in [4.69, 9.17) is 4.74 Å². The minimum Gasteiger partial charge on any atom is -0.466 e. The van der Waals surface area contributed by atoms with E-state index in [1.54, 1.807) is 6.08 Å². The first-order valence-electron chi connectivity index (χ1n) is 38.8. The molecule has 0 rings (SSSR count). The summed E-state index contributed by atoms with van der Waals surface area (Å²) in [6, 6.07) is -0.628. The molecule has 0 aromatic heterocycles. The van der Waals surface area contributed by atoms with Crippen LogP contribution >= 0.6 is 0 Å². The molecule has 0 aliphatic carbocycles. The predicted octanol–water partition coefficient (Wildman–Crippen LogP) is 25.4. The van der Waals surface area contributed by atoms with Gasteiger partial charge in [-0.1, -0.05) is 371 Å². The van der Waals surface area contributed by atoms with E-state index in [1.807, 2.05) is 6.08 Å². The molecule has 0 aliphatic heterocycles. The zero-order valence-corrected chi connectivity index (χ0v) is 57.6. The number of nitrogens with one attached hydrogen (secondary N) is 1. The lowest BCUT2D eigenvalue weighted by molar-refractivity contribution is -0.143. The van der Waals surface area contributed by atoms with Gasteiger partial charge in [-0.05, 0) is 83.5 Å². The van der Waals surface area contributed by atoms with Gasteiger partial charge in [0, 0.05) is 12.8 Å². The van der Waals surface area contributed by atoms with E-state index < -0.39 is 12.1 Å². The van der Waals surface area contributed by atoms with Crippen molar-refractivity contribution in [1.82, 2.24) is 5.32 Å². The van der Waals surface area contributed by atoms with Crippen LogP contribution in [-0.2, 0) is 14.3 Å². The molecular weight excluding hydrogens is 1040 g/mol. The zero-order chi connectivity index (χ0) is 61.3. The second kappa shape index (κ2) is 74.5. The fraction of sp³-hybridized carbons (Fsp3) is 0.899. The average molecular weight is 1200 g/mol. The van der Waals surface area contributed by atoms with Gasteiger partial charge in [0.2, 0.25) is 5.91 Å². The molecule has 2 unspecified atom stereocenters. The van der Waals surface area contributed by atoms with E-state index in [-0.39, 0.29) is 18.5 Å². The summed E-state index contributed by atoms with van der Waals surface area (Å²) in [6.45, 7) is 4.94.